The summed E-state index contributed by atoms with van der Waals surface area (Å²) >= 11 is 0. The third-order valence-electron chi connectivity index (χ3n) is 6.16. The molecule has 5 rings (SSSR count). The molecule has 0 aliphatic heterocycles. The molecule has 1 N–H and O–H groups in total. The smallest absolute Gasteiger partial charge is 0.146 e. The molecule has 1 nitrogen and oxygen atoms in total. The molecule has 0 atom stereocenters. The van der Waals surface area contributed by atoms with Crippen molar-refractivity contribution in [2.75, 3.05) is 0 Å². The first-order valence-electron chi connectivity index (χ1n) is 11.8. The van der Waals surface area contributed by atoms with E-state index in [2.05, 4.69) is 93.0 Å². The normalized spacial score (nSPS) is 10.9. The Balaban J connectivity index is 1.56. The molecule has 5 aromatic rings. The Hall–Kier alpha value is -4.46. The van der Waals surface area contributed by atoms with E-state index in [4.69, 9.17) is 0 Å². The van der Waals surface area contributed by atoms with Gasteiger partial charge in [-0.15, -0.1) is 0 Å². The first-order valence-corrected chi connectivity index (χ1v) is 11.8. The number of fused-ring (bicyclic) bond motifs is 2. The molecule has 0 saturated heterocycles. The minimum Gasteiger partial charge on any atom is -0.505 e. The molecule has 0 radical (unpaired) electrons. The first-order chi connectivity index (χ1) is 16.9. The lowest BCUT2D eigenvalue weighted by Crippen LogP contribution is -2.11. The Labute approximate surface area is 207 Å². The van der Waals surface area contributed by atoms with E-state index in [9.17, 15) is 5.11 Å². The van der Waals surface area contributed by atoms with Crippen molar-refractivity contribution in [3.05, 3.63) is 125 Å². The minimum absolute atomic E-state index is 0.105. The van der Waals surface area contributed by atoms with Crippen LogP contribution in [0.15, 0.2) is 97.1 Å². The maximum Gasteiger partial charge on any atom is 0.146 e. The quantitative estimate of drug-likeness (QED) is 0.239. The molecule has 5 aromatic carbocycles. The largest absolute Gasteiger partial charge is 0.505 e. The van der Waals surface area contributed by atoms with Crippen molar-refractivity contribution in [2.24, 2.45) is 0 Å². The van der Waals surface area contributed by atoms with E-state index >= 15 is 0 Å². The lowest BCUT2D eigenvalue weighted by molar-refractivity contribution is 0.470. The Kier molecular flexibility index (Phi) is 5.78. The van der Waals surface area contributed by atoms with Gasteiger partial charge in [0.25, 0.3) is 0 Å². The van der Waals surface area contributed by atoms with E-state index in [-0.39, 0.29) is 11.2 Å². The highest BCUT2D eigenvalue weighted by molar-refractivity contribution is 5.84. The summed E-state index contributed by atoms with van der Waals surface area (Å²) in [7, 11) is 0. The maximum absolute atomic E-state index is 11.1. The van der Waals surface area contributed by atoms with Crippen molar-refractivity contribution in [1.82, 2.24) is 0 Å². The molecule has 0 heterocycles. The standard InChI is InChI=1S/C34H26O/c1-34(2,3)32-22-30(18-14-24-12-16-26-8-4-6-10-28(26)20-24)33(35)31(23-32)19-15-25-13-17-27-9-5-7-11-29(27)21-25/h4-13,16-17,20-23,35H,1-3H3. The third-order valence-corrected chi connectivity index (χ3v) is 6.16. The van der Waals surface area contributed by atoms with E-state index in [1.807, 2.05) is 48.5 Å². The van der Waals surface area contributed by atoms with Crippen LogP contribution in [-0.2, 0) is 5.41 Å². The van der Waals surface area contributed by atoms with Crippen LogP contribution in [0.25, 0.3) is 21.5 Å². The van der Waals surface area contributed by atoms with Gasteiger partial charge in [0.15, 0.2) is 0 Å². The van der Waals surface area contributed by atoms with Crippen LogP contribution in [0.3, 0.4) is 0 Å². The zero-order chi connectivity index (χ0) is 24.4. The molecule has 35 heavy (non-hydrogen) atoms. The molecule has 0 unspecified atom stereocenters. The Morgan fingerprint density at radius 1 is 0.514 bits per heavy atom. The van der Waals surface area contributed by atoms with Gasteiger partial charge in [-0.05, 0) is 68.9 Å². The first kappa shape index (κ1) is 22.3. The highest BCUT2D eigenvalue weighted by atomic mass is 16.3. The zero-order valence-corrected chi connectivity index (χ0v) is 20.2. The Morgan fingerprint density at radius 3 is 1.37 bits per heavy atom. The molecule has 168 valence electrons. The van der Waals surface area contributed by atoms with Crippen LogP contribution in [0.2, 0.25) is 0 Å². The average Bonchev–Trinajstić information content (AvgIpc) is 2.86. The van der Waals surface area contributed by atoms with E-state index in [1.165, 1.54) is 10.8 Å². The van der Waals surface area contributed by atoms with E-state index in [0.717, 1.165) is 27.5 Å². The van der Waals surface area contributed by atoms with Gasteiger partial charge in [-0.3, -0.25) is 0 Å². The van der Waals surface area contributed by atoms with E-state index < -0.39 is 0 Å². The number of benzene rings is 5. The van der Waals surface area contributed by atoms with Crippen LogP contribution in [-0.4, -0.2) is 5.11 Å². The second kappa shape index (κ2) is 9.06. The minimum atomic E-state index is -0.105. The number of phenolic OH excluding ortho intramolecular Hbond substituents is 1. The van der Waals surface area contributed by atoms with Gasteiger partial charge in [0, 0.05) is 11.1 Å². The van der Waals surface area contributed by atoms with Crippen molar-refractivity contribution >= 4 is 21.5 Å². The van der Waals surface area contributed by atoms with Crippen molar-refractivity contribution in [2.45, 2.75) is 26.2 Å². The Morgan fingerprint density at radius 2 is 0.943 bits per heavy atom. The summed E-state index contributed by atoms with van der Waals surface area (Å²) in [5, 5.41) is 15.7. The highest BCUT2D eigenvalue weighted by Gasteiger charge is 2.17. The van der Waals surface area contributed by atoms with Gasteiger partial charge in [0.2, 0.25) is 0 Å². The number of hydrogen-bond acceptors (Lipinski definition) is 1. The molecule has 0 aromatic heterocycles. The van der Waals surface area contributed by atoms with Gasteiger partial charge in [0.1, 0.15) is 5.75 Å². The monoisotopic (exact) mass is 450 g/mol. The predicted molar refractivity (Wildman–Crippen MR) is 147 cm³/mol. The maximum atomic E-state index is 11.1. The number of rotatable bonds is 0. The lowest BCUT2D eigenvalue weighted by Gasteiger charge is -2.20. The lowest BCUT2D eigenvalue weighted by atomic mass is 9.84. The van der Waals surface area contributed by atoms with Gasteiger partial charge in [-0.25, -0.2) is 0 Å². The van der Waals surface area contributed by atoms with Gasteiger partial charge in [-0.1, -0.05) is 105 Å². The number of aromatic hydroxyl groups is 1. The molecular weight excluding hydrogens is 424 g/mol. The van der Waals surface area contributed by atoms with Gasteiger partial charge in [0.05, 0.1) is 11.1 Å². The molecular formula is C34H26O. The zero-order valence-electron chi connectivity index (χ0n) is 20.2. The summed E-state index contributed by atoms with van der Waals surface area (Å²) in [6.45, 7) is 6.46. The van der Waals surface area contributed by atoms with E-state index in [1.54, 1.807) is 0 Å². The number of phenols is 1. The fourth-order valence-corrected chi connectivity index (χ4v) is 4.07. The fraction of sp³-hybridized carbons (Fsp3) is 0.118. The van der Waals surface area contributed by atoms with Crippen LogP contribution in [0.5, 0.6) is 5.75 Å². The van der Waals surface area contributed by atoms with Crippen LogP contribution in [0.4, 0.5) is 0 Å². The second-order valence-corrected chi connectivity index (χ2v) is 9.79. The fourth-order valence-electron chi connectivity index (χ4n) is 4.07. The molecule has 0 bridgehead atoms. The summed E-state index contributed by atoms with van der Waals surface area (Å²) in [5.74, 6) is 13.0. The van der Waals surface area contributed by atoms with Gasteiger partial charge in [-0.2, -0.15) is 0 Å². The summed E-state index contributed by atoms with van der Waals surface area (Å²) in [6.07, 6.45) is 0. The molecule has 0 aliphatic rings. The summed E-state index contributed by atoms with van der Waals surface area (Å²) in [5.41, 5.74) is 3.98. The van der Waals surface area contributed by atoms with Gasteiger partial charge >= 0.3 is 0 Å². The highest BCUT2D eigenvalue weighted by Crippen LogP contribution is 2.30. The van der Waals surface area contributed by atoms with Crippen LogP contribution in [0, 0.1) is 23.7 Å². The molecule has 0 fully saturated rings. The van der Waals surface area contributed by atoms with Crippen molar-refractivity contribution < 1.29 is 5.11 Å². The van der Waals surface area contributed by atoms with Crippen LogP contribution in [0.1, 0.15) is 48.6 Å². The molecule has 0 saturated carbocycles. The molecule has 0 amide bonds. The van der Waals surface area contributed by atoms with Crippen molar-refractivity contribution in [1.29, 1.82) is 0 Å². The van der Waals surface area contributed by atoms with Crippen molar-refractivity contribution in [3.8, 4) is 29.4 Å². The van der Waals surface area contributed by atoms with Crippen molar-refractivity contribution in [3.63, 3.8) is 0 Å². The topological polar surface area (TPSA) is 20.2 Å². The van der Waals surface area contributed by atoms with E-state index in [0.29, 0.717) is 11.1 Å². The summed E-state index contributed by atoms with van der Waals surface area (Å²) in [6, 6.07) is 32.7. The molecule has 0 aliphatic carbocycles. The Bertz CT molecular complexity index is 1570. The predicted octanol–water partition coefficient (Wildman–Crippen LogP) is 7.80. The number of hydrogen-bond donors (Lipinski definition) is 1. The SMILES string of the molecule is CC(C)(C)c1cc(C#Cc2ccc3ccccc3c2)c(O)c(C#Cc2ccc3ccccc3c2)c1. The second-order valence-electron chi connectivity index (χ2n) is 9.79. The third kappa shape index (κ3) is 4.91. The van der Waals surface area contributed by atoms with Crippen LogP contribution < -0.4 is 0 Å². The summed E-state index contributed by atoms with van der Waals surface area (Å²) < 4.78 is 0. The van der Waals surface area contributed by atoms with Gasteiger partial charge < -0.3 is 5.11 Å². The molecule has 0 spiro atoms. The van der Waals surface area contributed by atoms with Crippen LogP contribution >= 0.6 is 0 Å². The average molecular weight is 451 g/mol. The molecule has 1 heteroatoms. The summed E-state index contributed by atoms with van der Waals surface area (Å²) in [4.78, 5) is 0.